The fraction of sp³-hybridized carbons (Fsp3) is 0.765. The highest BCUT2D eigenvalue weighted by Gasteiger charge is 2.43. The molecule has 1 unspecified atom stereocenters. The molecule has 0 aliphatic carbocycles. The van der Waals surface area contributed by atoms with E-state index in [1.165, 1.54) is 16.7 Å². The van der Waals surface area contributed by atoms with Crippen molar-refractivity contribution in [2.24, 2.45) is 11.6 Å². The van der Waals surface area contributed by atoms with Crippen molar-refractivity contribution in [1.82, 2.24) is 15.1 Å². The second-order valence-corrected chi connectivity index (χ2v) is 7.33. The third-order valence-electron chi connectivity index (χ3n) is 5.32. The van der Waals surface area contributed by atoms with Crippen LogP contribution in [0, 0.1) is 0 Å². The molecule has 0 bridgehead atoms. The first-order valence-corrected chi connectivity index (χ1v) is 9.59. The smallest absolute Gasteiger partial charge is 0.349 e. The minimum absolute atomic E-state index is 0.322. The van der Waals surface area contributed by atoms with Crippen LogP contribution in [-0.2, 0) is 24.0 Å². The van der Waals surface area contributed by atoms with E-state index in [4.69, 9.17) is 16.7 Å². The summed E-state index contributed by atoms with van der Waals surface area (Å²) in [5.41, 5.74) is 5.60. The quantitative estimate of drug-likeness (QED) is 0.264. The monoisotopic (exact) mass is 415 g/mol. The lowest BCUT2D eigenvalue weighted by molar-refractivity contribution is -0.153. The van der Waals surface area contributed by atoms with Crippen molar-refractivity contribution in [2.75, 3.05) is 19.7 Å². The highest BCUT2D eigenvalue weighted by Crippen LogP contribution is 2.25. The predicted molar refractivity (Wildman–Crippen MR) is 98.4 cm³/mol. The van der Waals surface area contributed by atoms with Gasteiger partial charge in [-0.3, -0.25) is 14.4 Å². The molecule has 2 aliphatic rings. The molecule has 29 heavy (non-hydrogen) atoms. The molecule has 2 heterocycles. The van der Waals surface area contributed by atoms with Gasteiger partial charge in [0.15, 0.2) is 6.04 Å². The average molecular weight is 415 g/mol. The maximum atomic E-state index is 13.1. The van der Waals surface area contributed by atoms with E-state index in [1.807, 2.05) is 0 Å². The number of aliphatic hydroxyl groups excluding tert-OH is 2. The number of likely N-dealkylation sites (tertiary alicyclic amines) is 2. The summed E-state index contributed by atoms with van der Waals surface area (Å²) in [5.74, 6) is 2.32. The van der Waals surface area contributed by atoms with Crippen LogP contribution in [0.3, 0.4) is 0 Å². The summed E-state index contributed by atoms with van der Waals surface area (Å²) < 4.78 is 0. The molecule has 0 aromatic carbocycles. The van der Waals surface area contributed by atoms with Crippen LogP contribution >= 0.6 is 0 Å². The van der Waals surface area contributed by atoms with Crippen molar-refractivity contribution in [3.63, 3.8) is 0 Å². The van der Waals surface area contributed by atoms with Crippen LogP contribution in [0.4, 0.5) is 0 Å². The van der Waals surface area contributed by atoms with Gasteiger partial charge < -0.3 is 35.9 Å². The molecule has 3 amide bonds. The molecule has 0 spiro atoms. The van der Waals surface area contributed by atoms with E-state index in [2.05, 4.69) is 10.2 Å². The van der Waals surface area contributed by atoms with Gasteiger partial charge >= 0.3 is 5.97 Å². The molecule has 12 nitrogen and oxygen atoms in total. The predicted octanol–water partition coefficient (Wildman–Crippen LogP) is -3.43. The molecule has 12 heteroatoms. The van der Waals surface area contributed by atoms with Crippen molar-refractivity contribution < 1.29 is 34.2 Å². The summed E-state index contributed by atoms with van der Waals surface area (Å²) in [7, 11) is 0. The Hall–Kier alpha value is -2.28. The third kappa shape index (κ3) is 5.01. The van der Waals surface area contributed by atoms with E-state index < -0.39 is 54.7 Å². The van der Waals surface area contributed by atoms with Crippen molar-refractivity contribution >= 4 is 23.7 Å². The van der Waals surface area contributed by atoms with Crippen molar-refractivity contribution in [3.8, 4) is 0 Å². The van der Waals surface area contributed by atoms with Crippen molar-refractivity contribution in [2.45, 2.75) is 62.9 Å². The number of hydrogen-bond donors (Lipinski definition) is 5. The second-order valence-electron chi connectivity index (χ2n) is 7.33. The van der Waals surface area contributed by atoms with Crippen LogP contribution in [-0.4, -0.2) is 93.7 Å². The standard InChI is InChI=1S/C17H29N5O7/c1-9(24)13(17(28)29-19)20-14(25)11-4-2-6-21(11)16(27)12-5-3-7-22(12)15(26)10(18)8-23/h9-13,23-24H,2-8,18-19H2,1H3,(H,20,25)/t9-,10?,11+,12+,13+/m1/s1. The van der Waals surface area contributed by atoms with Crippen LogP contribution in [0.25, 0.3) is 0 Å². The number of nitrogens with zero attached hydrogens (tertiary/aromatic N) is 2. The molecule has 7 N–H and O–H groups in total. The maximum Gasteiger partial charge on any atom is 0.349 e. The first-order valence-electron chi connectivity index (χ1n) is 9.59. The Balaban J connectivity index is 2.11. The van der Waals surface area contributed by atoms with Gasteiger partial charge in [0.1, 0.15) is 18.1 Å². The van der Waals surface area contributed by atoms with E-state index in [1.54, 1.807) is 0 Å². The lowest BCUT2D eigenvalue weighted by Crippen LogP contribution is -2.58. The number of hydrogen-bond acceptors (Lipinski definition) is 9. The Morgan fingerprint density at radius 1 is 1.14 bits per heavy atom. The molecule has 2 rings (SSSR count). The van der Waals surface area contributed by atoms with Gasteiger partial charge in [0.05, 0.1) is 12.7 Å². The Kier molecular flexibility index (Phi) is 7.90. The van der Waals surface area contributed by atoms with E-state index >= 15 is 0 Å². The number of nitrogens with one attached hydrogen (secondary N) is 1. The SMILES string of the molecule is C[C@@H](O)[C@H](NC(=O)[C@@H]1CCCN1C(=O)[C@@H]1CCCN1C(=O)C(N)CO)C(=O)ON. The number of amides is 3. The van der Waals surface area contributed by atoms with Gasteiger partial charge in [0, 0.05) is 13.1 Å². The van der Waals surface area contributed by atoms with Gasteiger partial charge in [-0.1, -0.05) is 0 Å². The topological polar surface area (TPSA) is 189 Å². The number of nitrogens with two attached hydrogens (primary N) is 2. The lowest BCUT2D eigenvalue weighted by atomic mass is 10.1. The molecular weight excluding hydrogens is 386 g/mol. The molecule has 5 atom stereocenters. The van der Waals surface area contributed by atoms with Crippen LogP contribution in [0.15, 0.2) is 0 Å². The first kappa shape index (κ1) is 23.0. The summed E-state index contributed by atoms with van der Waals surface area (Å²) in [6, 6.07) is -4.07. The van der Waals surface area contributed by atoms with E-state index in [0.717, 1.165) is 0 Å². The van der Waals surface area contributed by atoms with Gasteiger partial charge in [0.25, 0.3) is 0 Å². The summed E-state index contributed by atoms with van der Waals surface area (Å²) in [6.45, 7) is 1.44. The van der Waals surface area contributed by atoms with E-state index in [9.17, 15) is 24.3 Å². The van der Waals surface area contributed by atoms with Crippen LogP contribution in [0.2, 0.25) is 0 Å². The maximum absolute atomic E-state index is 13.1. The average Bonchev–Trinajstić information content (AvgIpc) is 3.38. The minimum Gasteiger partial charge on any atom is -0.394 e. The molecule has 2 fully saturated rings. The fourth-order valence-electron chi connectivity index (χ4n) is 3.77. The van der Waals surface area contributed by atoms with Crippen LogP contribution in [0.1, 0.15) is 32.6 Å². The number of rotatable bonds is 7. The van der Waals surface area contributed by atoms with Gasteiger partial charge in [-0.15, -0.1) is 0 Å². The van der Waals surface area contributed by atoms with Crippen LogP contribution in [0.5, 0.6) is 0 Å². The zero-order valence-electron chi connectivity index (χ0n) is 16.3. The molecule has 0 aromatic heterocycles. The van der Waals surface area contributed by atoms with Crippen molar-refractivity contribution in [1.29, 1.82) is 0 Å². The molecule has 164 valence electrons. The summed E-state index contributed by atoms with van der Waals surface area (Å²) in [4.78, 5) is 56.6. The molecule has 2 aliphatic heterocycles. The summed E-state index contributed by atoms with van der Waals surface area (Å²) in [6.07, 6.45) is 0.740. The van der Waals surface area contributed by atoms with E-state index in [0.29, 0.717) is 38.8 Å². The van der Waals surface area contributed by atoms with Gasteiger partial charge in [-0.2, -0.15) is 5.90 Å². The zero-order valence-corrected chi connectivity index (χ0v) is 16.3. The number of carbonyl (C=O) groups excluding carboxylic acids is 4. The zero-order chi connectivity index (χ0) is 21.7. The third-order valence-corrected chi connectivity index (χ3v) is 5.32. The summed E-state index contributed by atoms with van der Waals surface area (Å²) >= 11 is 0. The highest BCUT2D eigenvalue weighted by atomic mass is 16.7. The Bertz CT molecular complexity index is 644. The normalized spacial score (nSPS) is 24.7. The number of carbonyl (C=O) groups is 4. The first-order chi connectivity index (χ1) is 13.7. The lowest BCUT2D eigenvalue weighted by Gasteiger charge is -2.32. The number of aliphatic hydroxyl groups is 2. The van der Waals surface area contributed by atoms with Gasteiger partial charge in [0.2, 0.25) is 17.7 Å². The molecule has 2 saturated heterocycles. The molecule has 0 saturated carbocycles. The minimum atomic E-state index is -1.36. The Morgan fingerprint density at radius 2 is 1.72 bits per heavy atom. The molecule has 0 aromatic rings. The van der Waals surface area contributed by atoms with Crippen molar-refractivity contribution in [3.05, 3.63) is 0 Å². The highest BCUT2D eigenvalue weighted by molar-refractivity contribution is 5.95. The van der Waals surface area contributed by atoms with Gasteiger partial charge in [-0.05, 0) is 32.6 Å². The summed E-state index contributed by atoms with van der Waals surface area (Å²) in [5, 5.41) is 21.2. The van der Waals surface area contributed by atoms with Gasteiger partial charge in [-0.25, -0.2) is 4.79 Å². The molecule has 0 radical (unpaired) electrons. The Labute approximate surface area is 168 Å². The van der Waals surface area contributed by atoms with E-state index in [-0.39, 0.29) is 5.91 Å². The van der Waals surface area contributed by atoms with Crippen LogP contribution < -0.4 is 16.9 Å². The fourth-order valence-corrected chi connectivity index (χ4v) is 3.77. The Morgan fingerprint density at radius 3 is 2.28 bits per heavy atom. The molecular formula is C17H29N5O7. The second kappa shape index (κ2) is 9.96. The largest absolute Gasteiger partial charge is 0.394 e.